The van der Waals surface area contributed by atoms with E-state index in [2.05, 4.69) is 5.32 Å². The first kappa shape index (κ1) is 13.0. The van der Waals surface area contributed by atoms with Gasteiger partial charge in [-0.2, -0.15) is 0 Å². The minimum Gasteiger partial charge on any atom is -0.497 e. The number of urea groups is 1. The van der Waals surface area contributed by atoms with Gasteiger partial charge in [0.25, 0.3) is 0 Å². The van der Waals surface area contributed by atoms with E-state index in [1.165, 1.54) is 0 Å². The Bertz CT molecular complexity index is 453. The van der Waals surface area contributed by atoms with E-state index in [-0.39, 0.29) is 12.1 Å². The molecule has 98 valence electrons. The molecular formula is C12H16ClN3O2. The summed E-state index contributed by atoms with van der Waals surface area (Å²) in [6.45, 7) is 1.59. The Balaban J connectivity index is 2.16. The van der Waals surface area contributed by atoms with E-state index in [0.717, 1.165) is 5.56 Å². The average molecular weight is 270 g/mol. The maximum Gasteiger partial charge on any atom is 0.318 e. The molecule has 18 heavy (non-hydrogen) atoms. The number of halogens is 1. The summed E-state index contributed by atoms with van der Waals surface area (Å²) in [6, 6.07) is 5.26. The van der Waals surface area contributed by atoms with Gasteiger partial charge in [-0.1, -0.05) is 17.7 Å². The molecule has 1 aliphatic rings. The Morgan fingerprint density at radius 2 is 2.39 bits per heavy atom. The monoisotopic (exact) mass is 269 g/mol. The van der Waals surface area contributed by atoms with Crippen LogP contribution in [0.15, 0.2) is 18.2 Å². The second-order valence-electron chi connectivity index (χ2n) is 4.12. The van der Waals surface area contributed by atoms with Crippen LogP contribution in [0.25, 0.3) is 0 Å². The number of methoxy groups -OCH3 is 1. The number of carbonyl (C=O) groups excluding carboxylic acids is 1. The molecule has 1 saturated heterocycles. The summed E-state index contributed by atoms with van der Waals surface area (Å²) in [5.41, 5.74) is 6.35. The third-order valence-electron chi connectivity index (χ3n) is 2.97. The van der Waals surface area contributed by atoms with Gasteiger partial charge in [0.1, 0.15) is 5.75 Å². The van der Waals surface area contributed by atoms with Crippen LogP contribution in [0.3, 0.4) is 0 Å². The molecule has 2 rings (SSSR count). The first-order chi connectivity index (χ1) is 8.65. The Kier molecular flexibility index (Phi) is 3.93. The van der Waals surface area contributed by atoms with Gasteiger partial charge < -0.3 is 20.7 Å². The molecule has 6 heteroatoms. The van der Waals surface area contributed by atoms with Gasteiger partial charge in [0.2, 0.25) is 0 Å². The number of hydrogen-bond donors (Lipinski definition) is 2. The van der Waals surface area contributed by atoms with E-state index < -0.39 is 0 Å². The molecule has 0 bridgehead atoms. The van der Waals surface area contributed by atoms with Crippen LogP contribution >= 0.6 is 11.6 Å². The molecule has 0 aliphatic carbocycles. The van der Waals surface area contributed by atoms with Crippen molar-refractivity contribution in [1.29, 1.82) is 0 Å². The highest BCUT2D eigenvalue weighted by molar-refractivity contribution is 6.31. The molecule has 0 aromatic heterocycles. The van der Waals surface area contributed by atoms with Gasteiger partial charge in [-0.15, -0.1) is 0 Å². The number of amides is 2. The lowest BCUT2D eigenvalue weighted by molar-refractivity contribution is 0.218. The van der Waals surface area contributed by atoms with Gasteiger partial charge >= 0.3 is 6.03 Å². The highest BCUT2D eigenvalue weighted by Crippen LogP contribution is 2.29. The number of nitrogens with zero attached hydrogens (tertiary/aromatic N) is 1. The van der Waals surface area contributed by atoms with Crippen molar-refractivity contribution in [2.45, 2.75) is 6.04 Å². The van der Waals surface area contributed by atoms with Crippen molar-refractivity contribution >= 4 is 17.6 Å². The predicted molar refractivity (Wildman–Crippen MR) is 69.9 cm³/mol. The van der Waals surface area contributed by atoms with Crippen molar-refractivity contribution < 1.29 is 9.53 Å². The van der Waals surface area contributed by atoms with Gasteiger partial charge in [-0.25, -0.2) is 4.79 Å². The average Bonchev–Trinajstić information content (AvgIpc) is 2.71. The largest absolute Gasteiger partial charge is 0.497 e. The second-order valence-corrected chi connectivity index (χ2v) is 4.53. The number of hydrogen-bond acceptors (Lipinski definition) is 3. The fourth-order valence-corrected chi connectivity index (χ4v) is 2.33. The standard InChI is InChI=1S/C12H16ClN3O2/c1-18-8-2-3-9(10(13)6-8)11-7-16(5-4-14)12(17)15-11/h2-3,6,11H,4-5,7,14H2,1H3,(H,15,17). The van der Waals surface area contributed by atoms with Crippen LogP contribution in [0.2, 0.25) is 5.02 Å². The van der Waals surface area contributed by atoms with E-state index in [1.54, 1.807) is 18.1 Å². The summed E-state index contributed by atoms with van der Waals surface area (Å²) in [7, 11) is 1.59. The molecule has 1 aromatic rings. The number of nitrogens with two attached hydrogens (primary N) is 1. The maximum atomic E-state index is 11.7. The lowest BCUT2D eigenvalue weighted by Gasteiger charge is -2.14. The first-order valence-electron chi connectivity index (χ1n) is 5.74. The van der Waals surface area contributed by atoms with E-state index >= 15 is 0 Å². The molecule has 0 radical (unpaired) electrons. The van der Waals surface area contributed by atoms with Gasteiger partial charge in [0, 0.05) is 24.7 Å². The zero-order valence-corrected chi connectivity index (χ0v) is 10.9. The van der Waals surface area contributed by atoms with Gasteiger partial charge in [-0.05, 0) is 17.7 Å². The van der Waals surface area contributed by atoms with Crippen molar-refractivity contribution in [2.24, 2.45) is 5.73 Å². The molecule has 5 nitrogen and oxygen atoms in total. The summed E-state index contributed by atoms with van der Waals surface area (Å²) in [5, 5.41) is 3.48. The van der Waals surface area contributed by atoms with Crippen molar-refractivity contribution in [2.75, 3.05) is 26.7 Å². The summed E-state index contributed by atoms with van der Waals surface area (Å²) >= 11 is 6.19. The zero-order valence-electron chi connectivity index (χ0n) is 10.1. The molecule has 1 unspecified atom stereocenters. The van der Waals surface area contributed by atoms with Crippen LogP contribution in [0.1, 0.15) is 11.6 Å². The Morgan fingerprint density at radius 1 is 1.61 bits per heavy atom. The third-order valence-corrected chi connectivity index (χ3v) is 3.30. The predicted octanol–water partition coefficient (Wildman–Crippen LogP) is 1.37. The highest BCUT2D eigenvalue weighted by Gasteiger charge is 2.30. The molecule has 1 heterocycles. The van der Waals surface area contributed by atoms with Crippen molar-refractivity contribution in [1.82, 2.24) is 10.2 Å². The van der Waals surface area contributed by atoms with E-state index in [1.807, 2.05) is 12.1 Å². The molecule has 3 N–H and O–H groups in total. The van der Waals surface area contributed by atoms with Gasteiger partial charge in [-0.3, -0.25) is 0 Å². The summed E-state index contributed by atoms with van der Waals surface area (Å²) in [4.78, 5) is 13.4. The van der Waals surface area contributed by atoms with Crippen LogP contribution in [0, 0.1) is 0 Å². The zero-order chi connectivity index (χ0) is 13.1. The number of carbonyl (C=O) groups is 1. The topological polar surface area (TPSA) is 67.6 Å². The normalized spacial score (nSPS) is 18.9. The first-order valence-corrected chi connectivity index (χ1v) is 6.12. The van der Waals surface area contributed by atoms with E-state index in [9.17, 15) is 4.79 Å². The minimum atomic E-state index is -0.0997. The van der Waals surface area contributed by atoms with E-state index in [0.29, 0.717) is 30.4 Å². The number of ether oxygens (including phenoxy) is 1. The highest BCUT2D eigenvalue weighted by atomic mass is 35.5. The molecule has 1 aromatic carbocycles. The Morgan fingerprint density at radius 3 is 3.00 bits per heavy atom. The summed E-state index contributed by atoms with van der Waals surface area (Å²) < 4.78 is 5.09. The Labute approximate surface area is 111 Å². The maximum absolute atomic E-state index is 11.7. The molecule has 0 saturated carbocycles. The van der Waals surface area contributed by atoms with Crippen LogP contribution in [0.4, 0.5) is 4.79 Å². The van der Waals surface area contributed by atoms with Crippen molar-refractivity contribution in [3.63, 3.8) is 0 Å². The van der Waals surface area contributed by atoms with Gasteiger partial charge in [0.05, 0.1) is 13.2 Å². The van der Waals surface area contributed by atoms with Crippen LogP contribution < -0.4 is 15.8 Å². The summed E-state index contributed by atoms with van der Waals surface area (Å²) in [6.07, 6.45) is 0. The van der Waals surface area contributed by atoms with Crippen LogP contribution in [-0.2, 0) is 0 Å². The van der Waals surface area contributed by atoms with Gasteiger partial charge in [0.15, 0.2) is 0 Å². The van der Waals surface area contributed by atoms with Crippen molar-refractivity contribution in [3.05, 3.63) is 28.8 Å². The second kappa shape index (κ2) is 5.46. The van der Waals surface area contributed by atoms with Crippen LogP contribution in [-0.4, -0.2) is 37.7 Å². The fourth-order valence-electron chi connectivity index (χ4n) is 2.03. The lowest BCUT2D eigenvalue weighted by Crippen LogP contribution is -2.32. The smallest absolute Gasteiger partial charge is 0.318 e. The SMILES string of the molecule is COc1ccc(C2CN(CCN)C(=O)N2)c(Cl)c1. The number of nitrogens with one attached hydrogen (secondary N) is 1. The van der Waals surface area contributed by atoms with E-state index in [4.69, 9.17) is 22.1 Å². The number of rotatable bonds is 4. The molecule has 1 fully saturated rings. The third kappa shape index (κ3) is 2.52. The van der Waals surface area contributed by atoms with Crippen LogP contribution in [0.5, 0.6) is 5.75 Å². The quantitative estimate of drug-likeness (QED) is 0.868. The fraction of sp³-hybridized carbons (Fsp3) is 0.417. The molecule has 1 aliphatic heterocycles. The molecule has 1 atom stereocenters. The minimum absolute atomic E-state index is 0.0949. The molecular weight excluding hydrogens is 254 g/mol. The molecule has 2 amide bonds. The number of benzene rings is 1. The molecule has 0 spiro atoms. The lowest BCUT2D eigenvalue weighted by atomic mass is 10.1. The summed E-state index contributed by atoms with van der Waals surface area (Å²) in [5.74, 6) is 0.701. The Hall–Kier alpha value is -1.46. The van der Waals surface area contributed by atoms with Crippen molar-refractivity contribution in [3.8, 4) is 5.75 Å².